The zero-order valence-electron chi connectivity index (χ0n) is 8.44. The molecule has 0 aliphatic rings. The van der Waals surface area contributed by atoms with E-state index in [0.717, 1.165) is 0 Å². The van der Waals surface area contributed by atoms with Gasteiger partial charge in [-0.05, 0) is 0 Å². The summed E-state index contributed by atoms with van der Waals surface area (Å²) in [6.07, 6.45) is 0. The third kappa shape index (κ3) is 2.63. The fraction of sp³-hybridized carbons (Fsp3) is 0.400. The highest BCUT2D eigenvalue weighted by Crippen LogP contribution is 2.26. The maximum atomic E-state index is 13.0. The van der Waals surface area contributed by atoms with E-state index in [1.54, 1.807) is 6.92 Å². The minimum absolute atomic E-state index is 0.104. The SMILES string of the molecule is CC(CO)COc1c(F)c(F)cc(F)c1F. The topological polar surface area (TPSA) is 29.5 Å². The van der Waals surface area contributed by atoms with Crippen LogP contribution in [0.3, 0.4) is 0 Å². The lowest BCUT2D eigenvalue weighted by atomic mass is 10.2. The standard InChI is InChI=1S/C10H10F4O2/c1-5(3-15)4-16-10-8(13)6(11)2-7(12)9(10)14/h2,5,15H,3-4H2,1H3. The van der Waals surface area contributed by atoms with Gasteiger partial charge in [-0.15, -0.1) is 0 Å². The molecule has 6 heteroatoms. The van der Waals surface area contributed by atoms with Gasteiger partial charge in [0, 0.05) is 18.6 Å². The molecule has 2 nitrogen and oxygen atoms in total. The summed E-state index contributed by atoms with van der Waals surface area (Å²) >= 11 is 0. The van der Waals surface area contributed by atoms with Gasteiger partial charge in [-0.1, -0.05) is 6.92 Å². The number of rotatable bonds is 4. The minimum atomic E-state index is -1.58. The first-order valence-corrected chi connectivity index (χ1v) is 4.54. The molecule has 0 heterocycles. The van der Waals surface area contributed by atoms with Crippen molar-refractivity contribution in [3.8, 4) is 5.75 Å². The lowest BCUT2D eigenvalue weighted by Gasteiger charge is -2.12. The second-order valence-corrected chi connectivity index (χ2v) is 3.40. The summed E-state index contributed by atoms with van der Waals surface area (Å²) in [4.78, 5) is 0. The molecule has 0 saturated carbocycles. The third-order valence-corrected chi connectivity index (χ3v) is 1.90. The van der Waals surface area contributed by atoms with Gasteiger partial charge in [0.1, 0.15) is 0 Å². The maximum Gasteiger partial charge on any atom is 0.203 e. The Hall–Kier alpha value is -1.30. The predicted molar refractivity (Wildman–Crippen MR) is 48.0 cm³/mol. The molecule has 90 valence electrons. The zero-order valence-corrected chi connectivity index (χ0v) is 8.44. The summed E-state index contributed by atoms with van der Waals surface area (Å²) < 4.78 is 56.1. The molecule has 0 radical (unpaired) electrons. The highest BCUT2D eigenvalue weighted by Gasteiger charge is 2.20. The van der Waals surface area contributed by atoms with Crippen molar-refractivity contribution in [3.05, 3.63) is 29.3 Å². The number of aliphatic hydroxyl groups excluding tert-OH is 1. The molecule has 0 fully saturated rings. The summed E-state index contributed by atoms with van der Waals surface area (Å²) in [7, 11) is 0. The highest BCUT2D eigenvalue weighted by molar-refractivity contribution is 5.28. The van der Waals surface area contributed by atoms with Crippen LogP contribution >= 0.6 is 0 Å². The molecule has 0 amide bonds. The van der Waals surface area contributed by atoms with Crippen LogP contribution in [0.25, 0.3) is 0 Å². The van der Waals surface area contributed by atoms with Gasteiger partial charge in [0.05, 0.1) is 6.61 Å². The summed E-state index contributed by atoms with van der Waals surface area (Å²) in [6.45, 7) is 1.04. The number of halogens is 4. The Balaban J connectivity index is 2.94. The van der Waals surface area contributed by atoms with Gasteiger partial charge in [-0.25, -0.2) is 8.78 Å². The van der Waals surface area contributed by atoms with E-state index in [4.69, 9.17) is 5.11 Å². The number of hydrogen-bond acceptors (Lipinski definition) is 2. The van der Waals surface area contributed by atoms with Crippen molar-refractivity contribution in [3.63, 3.8) is 0 Å². The number of hydrogen-bond donors (Lipinski definition) is 1. The van der Waals surface area contributed by atoms with Crippen LogP contribution in [0.5, 0.6) is 5.75 Å². The van der Waals surface area contributed by atoms with Crippen LogP contribution in [0.15, 0.2) is 6.07 Å². The molecule has 1 atom stereocenters. The molecule has 1 aromatic rings. The average molecular weight is 238 g/mol. The van der Waals surface area contributed by atoms with Crippen LogP contribution in [-0.4, -0.2) is 18.3 Å². The van der Waals surface area contributed by atoms with Gasteiger partial charge in [0.15, 0.2) is 17.4 Å². The fourth-order valence-corrected chi connectivity index (χ4v) is 0.956. The zero-order chi connectivity index (χ0) is 12.3. The predicted octanol–water partition coefficient (Wildman–Crippen LogP) is 2.25. The molecule has 1 N–H and O–H groups in total. The van der Waals surface area contributed by atoms with E-state index in [-0.39, 0.29) is 19.3 Å². The second-order valence-electron chi connectivity index (χ2n) is 3.40. The molecule has 0 aromatic heterocycles. The Morgan fingerprint density at radius 1 is 1.19 bits per heavy atom. The molecule has 1 rings (SSSR count). The first-order chi connectivity index (χ1) is 7.47. The van der Waals surface area contributed by atoms with Crippen LogP contribution in [0.2, 0.25) is 0 Å². The molecule has 0 aliphatic heterocycles. The Morgan fingerprint density at radius 3 is 2.12 bits per heavy atom. The van der Waals surface area contributed by atoms with Crippen molar-refractivity contribution < 1.29 is 27.4 Å². The van der Waals surface area contributed by atoms with Crippen molar-refractivity contribution in [1.82, 2.24) is 0 Å². The van der Waals surface area contributed by atoms with Crippen molar-refractivity contribution in [2.24, 2.45) is 5.92 Å². The molecule has 0 spiro atoms. The van der Waals surface area contributed by atoms with Crippen molar-refractivity contribution in [2.45, 2.75) is 6.92 Å². The second kappa shape index (κ2) is 5.16. The Labute approximate surface area is 89.5 Å². The van der Waals surface area contributed by atoms with Gasteiger partial charge >= 0.3 is 0 Å². The average Bonchev–Trinajstić information content (AvgIpc) is 2.26. The normalized spacial score (nSPS) is 12.6. The van der Waals surface area contributed by atoms with Crippen molar-refractivity contribution in [1.29, 1.82) is 0 Å². The molecule has 0 aliphatic carbocycles. The smallest absolute Gasteiger partial charge is 0.203 e. The first kappa shape index (κ1) is 12.8. The third-order valence-electron chi connectivity index (χ3n) is 1.90. The van der Waals surface area contributed by atoms with Gasteiger partial charge < -0.3 is 9.84 Å². The Kier molecular flexibility index (Phi) is 4.12. The fourth-order valence-electron chi connectivity index (χ4n) is 0.956. The largest absolute Gasteiger partial charge is 0.487 e. The van der Waals surface area contributed by atoms with E-state index in [1.807, 2.05) is 0 Å². The maximum absolute atomic E-state index is 13.0. The van der Waals surface area contributed by atoms with Crippen molar-refractivity contribution >= 4 is 0 Å². The quantitative estimate of drug-likeness (QED) is 0.644. The van der Waals surface area contributed by atoms with Crippen molar-refractivity contribution in [2.75, 3.05) is 13.2 Å². The molecule has 1 aromatic carbocycles. The van der Waals surface area contributed by atoms with Gasteiger partial charge in [-0.3, -0.25) is 0 Å². The van der Waals surface area contributed by atoms with E-state index < -0.39 is 34.9 Å². The molecule has 16 heavy (non-hydrogen) atoms. The lowest BCUT2D eigenvalue weighted by Crippen LogP contribution is -2.14. The van der Waals surface area contributed by atoms with Crippen LogP contribution < -0.4 is 4.74 Å². The summed E-state index contributed by atoms with van der Waals surface area (Å²) in [5, 5.41) is 8.64. The van der Waals surface area contributed by atoms with Crippen LogP contribution in [0, 0.1) is 29.2 Å². The molecule has 1 unspecified atom stereocenters. The Morgan fingerprint density at radius 2 is 1.69 bits per heavy atom. The van der Waals surface area contributed by atoms with Crippen LogP contribution in [-0.2, 0) is 0 Å². The molecular formula is C10H10F4O2. The molecule has 0 saturated heterocycles. The summed E-state index contributed by atoms with van der Waals surface area (Å²) in [5.74, 6) is -7.70. The monoisotopic (exact) mass is 238 g/mol. The number of benzene rings is 1. The van der Waals surface area contributed by atoms with E-state index >= 15 is 0 Å². The summed E-state index contributed by atoms with van der Waals surface area (Å²) in [5.41, 5.74) is 0. The number of ether oxygens (including phenoxy) is 1. The van der Waals surface area contributed by atoms with E-state index in [0.29, 0.717) is 0 Å². The van der Waals surface area contributed by atoms with Gasteiger partial charge in [-0.2, -0.15) is 8.78 Å². The molecular weight excluding hydrogens is 228 g/mol. The minimum Gasteiger partial charge on any atom is -0.487 e. The highest BCUT2D eigenvalue weighted by atomic mass is 19.2. The summed E-state index contributed by atoms with van der Waals surface area (Å²) in [6, 6.07) is 0.104. The first-order valence-electron chi connectivity index (χ1n) is 4.54. The van der Waals surface area contributed by atoms with Crippen LogP contribution in [0.4, 0.5) is 17.6 Å². The van der Waals surface area contributed by atoms with E-state index in [2.05, 4.69) is 4.74 Å². The van der Waals surface area contributed by atoms with Gasteiger partial charge in [0.2, 0.25) is 11.6 Å². The molecule has 0 bridgehead atoms. The van der Waals surface area contributed by atoms with Gasteiger partial charge in [0.25, 0.3) is 0 Å². The number of aliphatic hydroxyl groups is 1. The van der Waals surface area contributed by atoms with Crippen LogP contribution in [0.1, 0.15) is 6.92 Å². The Bertz CT molecular complexity index is 355. The van der Waals surface area contributed by atoms with E-state index in [1.165, 1.54) is 0 Å². The van der Waals surface area contributed by atoms with E-state index in [9.17, 15) is 17.6 Å². The lowest BCUT2D eigenvalue weighted by molar-refractivity contribution is 0.164.